The van der Waals surface area contributed by atoms with E-state index in [1.807, 2.05) is 6.07 Å². The summed E-state index contributed by atoms with van der Waals surface area (Å²) >= 11 is 0. The Balaban J connectivity index is 0.00000200. The van der Waals surface area contributed by atoms with E-state index >= 15 is 0 Å². The molecule has 1 aromatic rings. The molecule has 1 unspecified atom stereocenters. The highest BCUT2D eigenvalue weighted by Gasteiger charge is 2.29. The molecular formula is C13H16ClN3O3. The largest absolute Gasteiger partial charge is 0.343 e. The smallest absolute Gasteiger partial charge is 0.249 e. The van der Waals surface area contributed by atoms with Crippen molar-refractivity contribution in [3.8, 4) is 0 Å². The van der Waals surface area contributed by atoms with Gasteiger partial charge < -0.3 is 11.1 Å². The Morgan fingerprint density at radius 2 is 1.95 bits per heavy atom. The molecule has 2 rings (SSSR count). The number of benzene rings is 1. The molecule has 0 radical (unpaired) electrons. The molecule has 1 saturated heterocycles. The third-order valence-electron chi connectivity index (χ3n) is 3.00. The molecule has 0 aromatic heterocycles. The van der Waals surface area contributed by atoms with Crippen molar-refractivity contribution in [1.29, 1.82) is 0 Å². The van der Waals surface area contributed by atoms with Crippen LogP contribution in [-0.2, 0) is 14.4 Å². The number of carbonyl (C=O) groups is 3. The van der Waals surface area contributed by atoms with Gasteiger partial charge in [-0.2, -0.15) is 0 Å². The van der Waals surface area contributed by atoms with E-state index in [1.54, 1.807) is 24.3 Å². The van der Waals surface area contributed by atoms with Gasteiger partial charge in [-0.25, -0.2) is 0 Å². The van der Waals surface area contributed by atoms with E-state index in [2.05, 4.69) is 10.6 Å². The van der Waals surface area contributed by atoms with Gasteiger partial charge in [0.05, 0.1) is 0 Å². The summed E-state index contributed by atoms with van der Waals surface area (Å²) in [5, 5.41) is 4.74. The summed E-state index contributed by atoms with van der Waals surface area (Å²) in [4.78, 5) is 34.4. The minimum Gasteiger partial charge on any atom is -0.343 e. The standard InChI is InChI=1S/C13H15N3O3.ClH/c14-11(8-4-2-1-3-5-8)13(19)15-9-6-7-10(17)16-12(9)18;/h1-5,9,11H,6-7,14H2,(H,15,19)(H,16,17,18);1H/t9?,11-;/m1./s1. The lowest BCUT2D eigenvalue weighted by Crippen LogP contribution is -2.53. The number of carbonyl (C=O) groups excluding carboxylic acids is 3. The number of hydrogen-bond acceptors (Lipinski definition) is 4. The zero-order valence-electron chi connectivity index (χ0n) is 10.7. The number of nitrogens with one attached hydrogen (secondary N) is 2. The SMILES string of the molecule is Cl.N[C@@H](C(=O)NC1CCC(=O)NC1=O)c1ccccc1. The van der Waals surface area contributed by atoms with Gasteiger partial charge in [-0.05, 0) is 12.0 Å². The van der Waals surface area contributed by atoms with Crippen molar-refractivity contribution in [1.82, 2.24) is 10.6 Å². The van der Waals surface area contributed by atoms with E-state index in [-0.39, 0.29) is 24.7 Å². The lowest BCUT2D eigenvalue weighted by molar-refractivity contribution is -0.137. The third-order valence-corrected chi connectivity index (χ3v) is 3.00. The molecule has 20 heavy (non-hydrogen) atoms. The Morgan fingerprint density at radius 1 is 1.30 bits per heavy atom. The van der Waals surface area contributed by atoms with Crippen LogP contribution < -0.4 is 16.4 Å². The predicted octanol–water partition coefficient (Wildman–Crippen LogP) is 0.0296. The van der Waals surface area contributed by atoms with Crippen LogP contribution in [0, 0.1) is 0 Å². The van der Waals surface area contributed by atoms with Gasteiger partial charge in [-0.15, -0.1) is 12.4 Å². The number of hydrogen-bond donors (Lipinski definition) is 3. The molecule has 0 aliphatic carbocycles. The number of amides is 3. The van der Waals surface area contributed by atoms with Gasteiger partial charge in [0.2, 0.25) is 17.7 Å². The second-order valence-electron chi connectivity index (χ2n) is 4.40. The van der Waals surface area contributed by atoms with Crippen molar-refractivity contribution >= 4 is 30.1 Å². The molecule has 3 amide bonds. The minimum absolute atomic E-state index is 0. The highest BCUT2D eigenvalue weighted by atomic mass is 35.5. The van der Waals surface area contributed by atoms with Gasteiger partial charge in [0, 0.05) is 6.42 Å². The Morgan fingerprint density at radius 3 is 2.55 bits per heavy atom. The van der Waals surface area contributed by atoms with Crippen molar-refractivity contribution < 1.29 is 14.4 Å². The molecule has 1 fully saturated rings. The molecule has 6 nitrogen and oxygen atoms in total. The van der Waals surface area contributed by atoms with Crippen LogP contribution in [-0.4, -0.2) is 23.8 Å². The predicted molar refractivity (Wildman–Crippen MR) is 74.9 cm³/mol. The summed E-state index contributed by atoms with van der Waals surface area (Å²) in [5.41, 5.74) is 6.49. The molecule has 4 N–H and O–H groups in total. The molecule has 1 aliphatic rings. The van der Waals surface area contributed by atoms with Crippen LogP contribution >= 0.6 is 12.4 Å². The second kappa shape index (κ2) is 7.02. The van der Waals surface area contributed by atoms with Gasteiger partial charge in [-0.1, -0.05) is 30.3 Å². The van der Waals surface area contributed by atoms with Crippen LogP contribution in [0.3, 0.4) is 0 Å². The van der Waals surface area contributed by atoms with E-state index in [0.29, 0.717) is 12.0 Å². The number of imide groups is 1. The summed E-state index contributed by atoms with van der Waals surface area (Å²) in [7, 11) is 0. The fourth-order valence-corrected chi connectivity index (χ4v) is 1.90. The average Bonchev–Trinajstić information content (AvgIpc) is 2.42. The Kier molecular flexibility index (Phi) is 5.66. The summed E-state index contributed by atoms with van der Waals surface area (Å²) in [6, 6.07) is 7.37. The first-order valence-corrected chi connectivity index (χ1v) is 6.02. The van der Waals surface area contributed by atoms with Gasteiger partial charge in [0.15, 0.2) is 0 Å². The molecule has 1 aliphatic heterocycles. The summed E-state index contributed by atoms with van der Waals surface area (Å²) in [6.45, 7) is 0. The van der Waals surface area contributed by atoms with Gasteiger partial charge >= 0.3 is 0 Å². The highest BCUT2D eigenvalue weighted by Crippen LogP contribution is 2.11. The quantitative estimate of drug-likeness (QED) is 0.685. The Bertz CT molecular complexity index is 507. The van der Waals surface area contributed by atoms with Crippen molar-refractivity contribution in [3.05, 3.63) is 35.9 Å². The van der Waals surface area contributed by atoms with Gasteiger partial charge in [0.25, 0.3) is 0 Å². The van der Waals surface area contributed by atoms with Crippen LogP contribution in [0.2, 0.25) is 0 Å². The summed E-state index contributed by atoms with van der Waals surface area (Å²) in [5.74, 6) is -1.23. The maximum absolute atomic E-state index is 11.9. The molecule has 7 heteroatoms. The Hall–Kier alpha value is -1.92. The molecule has 1 aromatic carbocycles. The zero-order chi connectivity index (χ0) is 13.8. The lowest BCUT2D eigenvalue weighted by atomic mass is 10.0. The van der Waals surface area contributed by atoms with Crippen molar-refractivity contribution in [3.63, 3.8) is 0 Å². The number of rotatable bonds is 3. The molecule has 0 saturated carbocycles. The maximum atomic E-state index is 11.9. The Labute approximate surface area is 122 Å². The van der Waals surface area contributed by atoms with Crippen molar-refractivity contribution in [2.24, 2.45) is 5.73 Å². The summed E-state index contributed by atoms with van der Waals surface area (Å²) < 4.78 is 0. The molecular weight excluding hydrogens is 282 g/mol. The third kappa shape index (κ3) is 3.79. The van der Waals surface area contributed by atoms with Gasteiger partial charge in [0.1, 0.15) is 12.1 Å². The van der Waals surface area contributed by atoms with E-state index in [4.69, 9.17) is 5.73 Å². The number of halogens is 1. The minimum atomic E-state index is -0.827. The molecule has 108 valence electrons. The van der Waals surface area contributed by atoms with Gasteiger partial charge in [-0.3, -0.25) is 19.7 Å². The molecule has 1 heterocycles. The van der Waals surface area contributed by atoms with Crippen LogP contribution in [0.5, 0.6) is 0 Å². The van der Waals surface area contributed by atoms with Crippen LogP contribution in [0.15, 0.2) is 30.3 Å². The van der Waals surface area contributed by atoms with E-state index in [1.165, 1.54) is 0 Å². The normalized spacial score (nSPS) is 19.6. The highest BCUT2D eigenvalue weighted by molar-refractivity contribution is 6.02. The first-order chi connectivity index (χ1) is 9.08. The van der Waals surface area contributed by atoms with Crippen molar-refractivity contribution in [2.75, 3.05) is 0 Å². The van der Waals surface area contributed by atoms with Crippen LogP contribution in [0.4, 0.5) is 0 Å². The fourth-order valence-electron chi connectivity index (χ4n) is 1.90. The van der Waals surface area contributed by atoms with Crippen LogP contribution in [0.1, 0.15) is 24.4 Å². The van der Waals surface area contributed by atoms with Crippen molar-refractivity contribution in [2.45, 2.75) is 24.9 Å². The van der Waals surface area contributed by atoms with E-state index < -0.39 is 23.9 Å². The molecule has 0 bridgehead atoms. The summed E-state index contributed by atoms with van der Waals surface area (Å²) in [6.07, 6.45) is 0.523. The average molecular weight is 298 g/mol. The molecule has 0 spiro atoms. The topological polar surface area (TPSA) is 101 Å². The zero-order valence-corrected chi connectivity index (χ0v) is 11.5. The maximum Gasteiger partial charge on any atom is 0.249 e. The first-order valence-electron chi connectivity index (χ1n) is 6.02. The number of piperidine rings is 1. The van der Waals surface area contributed by atoms with Crippen LogP contribution in [0.25, 0.3) is 0 Å². The fraction of sp³-hybridized carbons (Fsp3) is 0.308. The molecule has 2 atom stereocenters. The first kappa shape index (κ1) is 16.1. The van der Waals surface area contributed by atoms with E-state index in [0.717, 1.165) is 0 Å². The number of nitrogens with two attached hydrogens (primary N) is 1. The van der Waals surface area contributed by atoms with E-state index in [9.17, 15) is 14.4 Å². The lowest BCUT2D eigenvalue weighted by Gasteiger charge is -2.23. The monoisotopic (exact) mass is 297 g/mol. The second-order valence-corrected chi connectivity index (χ2v) is 4.40.